The largest absolute Gasteiger partial charge is 0.300 e. The van der Waals surface area contributed by atoms with Crippen molar-refractivity contribution in [1.29, 1.82) is 0 Å². The van der Waals surface area contributed by atoms with Crippen LogP contribution in [0.15, 0.2) is 95.7 Å². The predicted molar refractivity (Wildman–Crippen MR) is 121 cm³/mol. The van der Waals surface area contributed by atoms with E-state index in [1.807, 2.05) is 36.4 Å². The van der Waals surface area contributed by atoms with Crippen LogP contribution in [0, 0.1) is 0 Å². The normalized spacial score (nSPS) is 24.5. The highest BCUT2D eigenvalue weighted by Crippen LogP contribution is 2.48. The molecule has 0 amide bonds. The van der Waals surface area contributed by atoms with Crippen LogP contribution >= 0.6 is 22.7 Å². The Labute approximate surface area is 178 Å². The minimum atomic E-state index is -0.212. The monoisotopic (exact) mass is 415 g/mol. The smallest absolute Gasteiger partial charge is 0.151 e. The molecule has 5 rings (SSSR count). The van der Waals surface area contributed by atoms with E-state index in [9.17, 15) is 4.79 Å². The lowest BCUT2D eigenvalue weighted by Gasteiger charge is -2.41. The molecular weight excluding hydrogens is 394 g/mol. The van der Waals surface area contributed by atoms with E-state index in [1.54, 1.807) is 22.7 Å². The number of ketones is 1. The molecule has 0 bridgehead atoms. The maximum Gasteiger partial charge on any atom is 0.151 e. The third-order valence-corrected chi connectivity index (χ3v) is 7.57. The van der Waals surface area contributed by atoms with Gasteiger partial charge in [-0.25, -0.2) is 0 Å². The van der Waals surface area contributed by atoms with Gasteiger partial charge in [-0.1, -0.05) is 72.8 Å². The zero-order chi connectivity index (χ0) is 19.6. The van der Waals surface area contributed by atoms with E-state index >= 15 is 0 Å². The number of carbonyl (C=O) groups is 1. The minimum Gasteiger partial charge on any atom is -0.300 e. The Morgan fingerprint density at radius 2 is 1.03 bits per heavy atom. The lowest BCUT2D eigenvalue weighted by Crippen LogP contribution is -2.45. The summed E-state index contributed by atoms with van der Waals surface area (Å²) in [6, 6.07) is 28.8. The van der Waals surface area contributed by atoms with Crippen LogP contribution in [0.25, 0.3) is 0 Å². The average molecular weight is 416 g/mol. The van der Waals surface area contributed by atoms with E-state index in [0.29, 0.717) is 0 Å². The molecule has 0 spiro atoms. The molecule has 144 valence electrons. The minimum absolute atomic E-state index is 0.0306. The maximum atomic E-state index is 14.1. The van der Waals surface area contributed by atoms with Crippen molar-refractivity contribution in [3.05, 3.63) is 117 Å². The van der Waals surface area contributed by atoms with Gasteiger partial charge in [-0.2, -0.15) is 0 Å². The van der Waals surface area contributed by atoms with E-state index < -0.39 is 0 Å². The highest BCUT2D eigenvalue weighted by molar-refractivity contribution is 7.10. The Balaban J connectivity index is 1.66. The first-order chi connectivity index (χ1) is 14.3. The van der Waals surface area contributed by atoms with Crippen molar-refractivity contribution in [2.45, 2.75) is 23.9 Å². The second-order valence-electron chi connectivity index (χ2n) is 7.33. The number of thiophene rings is 2. The van der Waals surface area contributed by atoms with Gasteiger partial charge in [-0.05, 0) is 34.0 Å². The summed E-state index contributed by atoms with van der Waals surface area (Å²) in [5.41, 5.74) is 2.16. The van der Waals surface area contributed by atoms with Gasteiger partial charge in [0.05, 0.1) is 23.9 Å². The van der Waals surface area contributed by atoms with Gasteiger partial charge in [0, 0.05) is 9.75 Å². The summed E-state index contributed by atoms with van der Waals surface area (Å²) in [5, 5.41) is 8.07. The van der Waals surface area contributed by atoms with Crippen molar-refractivity contribution in [1.82, 2.24) is 5.32 Å². The maximum absolute atomic E-state index is 14.1. The van der Waals surface area contributed by atoms with Gasteiger partial charge in [0.25, 0.3) is 0 Å². The van der Waals surface area contributed by atoms with Crippen molar-refractivity contribution in [2.75, 3.05) is 0 Å². The van der Waals surface area contributed by atoms with Gasteiger partial charge in [-0.3, -0.25) is 10.1 Å². The number of rotatable bonds is 4. The number of hydrogen-bond donors (Lipinski definition) is 1. The molecule has 4 aromatic rings. The number of piperidine rings is 1. The van der Waals surface area contributed by atoms with E-state index in [0.717, 1.165) is 11.1 Å². The zero-order valence-electron chi connectivity index (χ0n) is 15.8. The molecular formula is C25H21NOS2. The Morgan fingerprint density at radius 1 is 0.586 bits per heavy atom. The van der Waals surface area contributed by atoms with E-state index in [4.69, 9.17) is 0 Å². The summed E-state index contributed by atoms with van der Waals surface area (Å²) < 4.78 is 0. The first kappa shape index (κ1) is 18.5. The highest BCUT2D eigenvalue weighted by atomic mass is 32.1. The van der Waals surface area contributed by atoms with Crippen LogP contribution in [0.2, 0.25) is 0 Å². The fourth-order valence-corrected chi connectivity index (χ4v) is 6.02. The molecule has 1 fully saturated rings. The van der Waals surface area contributed by atoms with Gasteiger partial charge in [0.15, 0.2) is 5.78 Å². The molecule has 2 aromatic heterocycles. The van der Waals surface area contributed by atoms with Crippen LogP contribution in [0.3, 0.4) is 0 Å². The Morgan fingerprint density at radius 3 is 1.41 bits per heavy atom. The second kappa shape index (κ2) is 8.07. The second-order valence-corrected chi connectivity index (χ2v) is 9.29. The molecule has 0 saturated carbocycles. The molecule has 1 aliphatic rings. The number of hydrogen-bond acceptors (Lipinski definition) is 4. The third kappa shape index (κ3) is 3.48. The van der Waals surface area contributed by atoms with Crippen LogP contribution in [0.1, 0.15) is 44.8 Å². The van der Waals surface area contributed by atoms with Gasteiger partial charge in [-0.15, -0.1) is 22.7 Å². The van der Waals surface area contributed by atoms with E-state index in [2.05, 4.69) is 64.6 Å². The number of benzene rings is 2. The Kier molecular flexibility index (Phi) is 5.15. The molecule has 4 heteroatoms. The van der Waals surface area contributed by atoms with Crippen molar-refractivity contribution in [3.63, 3.8) is 0 Å². The van der Waals surface area contributed by atoms with Gasteiger partial charge in [0.1, 0.15) is 0 Å². The first-order valence-electron chi connectivity index (χ1n) is 9.79. The zero-order valence-corrected chi connectivity index (χ0v) is 17.4. The highest BCUT2D eigenvalue weighted by Gasteiger charge is 2.46. The molecule has 1 N–H and O–H groups in total. The summed E-state index contributed by atoms with van der Waals surface area (Å²) >= 11 is 3.43. The summed E-state index contributed by atoms with van der Waals surface area (Å²) in [4.78, 5) is 16.5. The molecule has 0 unspecified atom stereocenters. The quantitative estimate of drug-likeness (QED) is 0.422. The van der Waals surface area contributed by atoms with Crippen molar-refractivity contribution < 1.29 is 4.79 Å². The third-order valence-electron chi connectivity index (χ3n) is 5.66. The van der Waals surface area contributed by atoms with Crippen LogP contribution in [0.4, 0.5) is 0 Å². The van der Waals surface area contributed by atoms with Gasteiger partial charge in [0.2, 0.25) is 0 Å². The molecule has 1 saturated heterocycles. The molecule has 0 radical (unpaired) electrons. The topological polar surface area (TPSA) is 29.1 Å². The number of carbonyl (C=O) groups excluding carboxylic acids is 1. The average Bonchev–Trinajstić information content (AvgIpc) is 3.49. The standard InChI is InChI=1S/C25H21NOS2/c27-25-21(17-9-3-1-4-10-17)23(19-13-7-15-28-19)26-24(20-14-8-16-29-20)22(25)18-11-5-2-6-12-18/h1-16,21-24,26H/t21-,22+,23-,24-/m1/s1. The van der Waals surface area contributed by atoms with Crippen LogP contribution in [-0.2, 0) is 4.79 Å². The predicted octanol–water partition coefficient (Wildman–Crippen LogP) is 6.33. The van der Waals surface area contributed by atoms with Crippen molar-refractivity contribution in [2.24, 2.45) is 0 Å². The molecule has 2 nitrogen and oxygen atoms in total. The molecule has 3 heterocycles. The van der Waals surface area contributed by atoms with E-state index in [1.165, 1.54) is 9.75 Å². The summed E-state index contributed by atoms with van der Waals surface area (Å²) in [5.74, 6) is -0.134. The van der Waals surface area contributed by atoms with Crippen LogP contribution in [-0.4, -0.2) is 5.78 Å². The molecule has 1 aliphatic heterocycles. The Hall–Kier alpha value is -2.53. The van der Waals surface area contributed by atoms with Crippen LogP contribution < -0.4 is 5.32 Å². The van der Waals surface area contributed by atoms with Crippen molar-refractivity contribution >= 4 is 28.5 Å². The summed E-state index contributed by atoms with van der Waals surface area (Å²) in [6.45, 7) is 0. The first-order valence-corrected chi connectivity index (χ1v) is 11.6. The lowest BCUT2D eigenvalue weighted by atomic mass is 9.72. The SMILES string of the molecule is O=C1[C@H](c2ccccc2)[C@@H](c2cccs2)N[C@H](c2cccs2)[C@@H]1c1ccccc1. The van der Waals surface area contributed by atoms with Crippen LogP contribution in [0.5, 0.6) is 0 Å². The number of Topliss-reactive ketones (excluding diaryl/α,β-unsaturated/α-hetero) is 1. The van der Waals surface area contributed by atoms with Gasteiger partial charge >= 0.3 is 0 Å². The number of nitrogens with one attached hydrogen (secondary N) is 1. The lowest BCUT2D eigenvalue weighted by molar-refractivity contribution is -0.125. The molecule has 2 aromatic carbocycles. The van der Waals surface area contributed by atoms with Crippen molar-refractivity contribution in [3.8, 4) is 0 Å². The Bertz CT molecular complexity index is 973. The molecule has 0 aliphatic carbocycles. The molecule has 4 atom stereocenters. The fraction of sp³-hybridized carbons (Fsp3) is 0.160. The van der Waals surface area contributed by atoms with Gasteiger partial charge < -0.3 is 0 Å². The summed E-state index contributed by atoms with van der Waals surface area (Å²) in [6.07, 6.45) is 0. The fourth-order valence-electron chi connectivity index (χ4n) is 4.37. The summed E-state index contributed by atoms with van der Waals surface area (Å²) in [7, 11) is 0. The van der Waals surface area contributed by atoms with E-state index in [-0.39, 0.29) is 29.7 Å². The molecule has 29 heavy (non-hydrogen) atoms.